The molecule has 0 spiro atoms. The lowest BCUT2D eigenvalue weighted by molar-refractivity contribution is 0.0600. The number of fused-ring (bicyclic) bond motifs is 1. The van der Waals surface area contributed by atoms with Gasteiger partial charge in [-0.25, -0.2) is 13.2 Å². The van der Waals surface area contributed by atoms with Crippen molar-refractivity contribution in [3.8, 4) is 0 Å². The highest BCUT2D eigenvalue weighted by Crippen LogP contribution is 2.21. The summed E-state index contributed by atoms with van der Waals surface area (Å²) in [6.07, 6.45) is 3.38. The van der Waals surface area contributed by atoms with Gasteiger partial charge in [0.2, 0.25) is 10.0 Å². The molecule has 0 unspecified atom stereocenters. The van der Waals surface area contributed by atoms with Crippen LogP contribution in [0, 0.1) is 0 Å². The molecule has 0 aliphatic rings. The van der Waals surface area contributed by atoms with Gasteiger partial charge in [0.25, 0.3) is 5.91 Å². The van der Waals surface area contributed by atoms with Crippen LogP contribution in [0.3, 0.4) is 0 Å². The van der Waals surface area contributed by atoms with Crippen molar-refractivity contribution < 1.29 is 27.5 Å². The van der Waals surface area contributed by atoms with Crippen LogP contribution in [0.5, 0.6) is 0 Å². The summed E-state index contributed by atoms with van der Waals surface area (Å²) in [4.78, 5) is 30.1. The second-order valence-electron chi connectivity index (χ2n) is 8.96. The monoisotopic (exact) mass is 575 g/mol. The second kappa shape index (κ2) is 14.5. The van der Waals surface area contributed by atoms with Gasteiger partial charge in [-0.2, -0.15) is 9.30 Å². The number of hydrogen-bond acceptors (Lipinski definition) is 7. The zero-order valence-corrected chi connectivity index (χ0v) is 24.6. The van der Waals surface area contributed by atoms with E-state index in [4.69, 9.17) is 9.47 Å². The van der Waals surface area contributed by atoms with Gasteiger partial charge in [-0.1, -0.05) is 38.0 Å². The Bertz CT molecular complexity index is 1430. The standard InChI is InChI=1S/C28H37N3O6S2/c1-5-8-16-30(17-9-6-2)39(34,35)23-13-10-21(11-14-23)26(32)29-28-31(18-19-37-7-3)24-15-12-22(27(33)36-4)20-25(24)38-28/h10-15,20H,5-9,16-19H2,1-4H3. The number of amides is 1. The lowest BCUT2D eigenvalue weighted by Gasteiger charge is -2.22. The Labute approximate surface area is 234 Å². The van der Waals surface area contributed by atoms with E-state index in [9.17, 15) is 18.0 Å². The van der Waals surface area contributed by atoms with Crippen molar-refractivity contribution in [3.05, 3.63) is 58.4 Å². The molecule has 3 aromatic rings. The molecule has 3 rings (SSSR count). The molecule has 0 fully saturated rings. The van der Waals surface area contributed by atoms with Crippen molar-refractivity contribution in [3.63, 3.8) is 0 Å². The molecule has 0 atom stereocenters. The first kappa shape index (κ1) is 30.7. The van der Waals surface area contributed by atoms with Crippen LogP contribution in [0.25, 0.3) is 10.2 Å². The van der Waals surface area contributed by atoms with E-state index >= 15 is 0 Å². The van der Waals surface area contributed by atoms with E-state index in [0.717, 1.165) is 35.9 Å². The summed E-state index contributed by atoms with van der Waals surface area (Å²) < 4.78 is 41.0. The van der Waals surface area contributed by atoms with Gasteiger partial charge >= 0.3 is 5.97 Å². The lowest BCUT2D eigenvalue weighted by atomic mass is 10.2. The van der Waals surface area contributed by atoms with Crippen LogP contribution in [0.15, 0.2) is 52.4 Å². The van der Waals surface area contributed by atoms with Crippen molar-refractivity contribution in [2.45, 2.75) is 57.9 Å². The Morgan fingerprint density at radius 3 is 2.21 bits per heavy atom. The summed E-state index contributed by atoms with van der Waals surface area (Å²) >= 11 is 1.28. The van der Waals surface area contributed by atoms with Crippen LogP contribution in [0.4, 0.5) is 0 Å². The zero-order chi connectivity index (χ0) is 28.4. The van der Waals surface area contributed by atoms with Crippen LogP contribution in [0.2, 0.25) is 0 Å². The van der Waals surface area contributed by atoms with Crippen molar-refractivity contribution >= 4 is 43.5 Å². The van der Waals surface area contributed by atoms with Crippen LogP contribution >= 0.6 is 11.3 Å². The zero-order valence-electron chi connectivity index (χ0n) is 23.0. The molecule has 0 bridgehead atoms. The molecule has 0 saturated carbocycles. The van der Waals surface area contributed by atoms with E-state index in [1.807, 2.05) is 25.3 Å². The van der Waals surface area contributed by atoms with Gasteiger partial charge in [0.1, 0.15) is 0 Å². The third-order valence-corrected chi connectivity index (χ3v) is 9.18. The first-order chi connectivity index (χ1) is 18.8. The number of thiazole rings is 1. The van der Waals surface area contributed by atoms with Crippen molar-refractivity contribution in [2.24, 2.45) is 4.99 Å². The number of sulfonamides is 1. The minimum Gasteiger partial charge on any atom is -0.465 e. The average Bonchev–Trinajstić information content (AvgIpc) is 3.28. The summed E-state index contributed by atoms with van der Waals surface area (Å²) in [7, 11) is -2.33. The van der Waals surface area contributed by atoms with Gasteiger partial charge in [-0.3, -0.25) is 4.79 Å². The molecule has 2 aromatic carbocycles. The first-order valence-corrected chi connectivity index (χ1v) is 15.5. The summed E-state index contributed by atoms with van der Waals surface area (Å²) in [5.41, 5.74) is 1.51. The summed E-state index contributed by atoms with van der Waals surface area (Å²) in [6.45, 7) is 8.38. The van der Waals surface area contributed by atoms with E-state index in [1.54, 1.807) is 18.2 Å². The Kier molecular flexibility index (Phi) is 11.4. The van der Waals surface area contributed by atoms with Crippen molar-refractivity contribution in [1.82, 2.24) is 8.87 Å². The number of carbonyl (C=O) groups is 2. The highest BCUT2D eigenvalue weighted by atomic mass is 32.2. The number of hydrogen-bond donors (Lipinski definition) is 0. The number of nitrogens with zero attached hydrogens (tertiary/aromatic N) is 3. The predicted molar refractivity (Wildman–Crippen MR) is 153 cm³/mol. The normalized spacial score (nSPS) is 12.4. The molecular weight excluding hydrogens is 538 g/mol. The van der Waals surface area contributed by atoms with E-state index < -0.39 is 21.9 Å². The Hall–Kier alpha value is -2.86. The fourth-order valence-electron chi connectivity index (χ4n) is 4.01. The van der Waals surface area contributed by atoms with E-state index in [-0.39, 0.29) is 10.5 Å². The van der Waals surface area contributed by atoms with Gasteiger partial charge in [-0.15, -0.1) is 0 Å². The van der Waals surface area contributed by atoms with Gasteiger partial charge in [0.05, 0.1) is 34.4 Å². The van der Waals surface area contributed by atoms with Crippen LogP contribution < -0.4 is 4.80 Å². The summed E-state index contributed by atoms with van der Waals surface area (Å²) in [5, 5.41) is 0. The van der Waals surface area contributed by atoms with Gasteiger partial charge < -0.3 is 14.0 Å². The number of esters is 1. The largest absolute Gasteiger partial charge is 0.465 e. The van der Waals surface area contributed by atoms with Crippen LogP contribution in [0.1, 0.15) is 67.2 Å². The minimum atomic E-state index is -3.66. The molecule has 0 aliphatic heterocycles. The Morgan fingerprint density at radius 2 is 1.62 bits per heavy atom. The molecule has 1 heterocycles. The van der Waals surface area contributed by atoms with Crippen LogP contribution in [-0.2, 0) is 26.0 Å². The fourth-order valence-corrected chi connectivity index (χ4v) is 6.62. The van der Waals surface area contributed by atoms with Gasteiger partial charge in [0, 0.05) is 31.8 Å². The third-order valence-electron chi connectivity index (χ3n) is 6.23. The molecule has 1 amide bonds. The maximum Gasteiger partial charge on any atom is 0.337 e. The number of carbonyl (C=O) groups excluding carboxylic acids is 2. The van der Waals surface area contributed by atoms with Gasteiger partial charge in [0.15, 0.2) is 4.80 Å². The number of aromatic nitrogens is 1. The fraction of sp³-hybridized carbons (Fsp3) is 0.464. The number of unbranched alkanes of at least 4 members (excludes halogenated alkanes) is 2. The number of benzene rings is 2. The molecule has 39 heavy (non-hydrogen) atoms. The SMILES string of the molecule is CCCCN(CCCC)S(=O)(=O)c1ccc(C(=O)N=c2sc3cc(C(=O)OC)ccc3n2CCOCC)cc1. The number of rotatable bonds is 14. The third kappa shape index (κ3) is 7.63. The van der Waals surface area contributed by atoms with Crippen LogP contribution in [-0.4, -0.2) is 62.6 Å². The van der Waals surface area contributed by atoms with E-state index in [1.165, 1.54) is 47.0 Å². The Morgan fingerprint density at radius 1 is 0.974 bits per heavy atom. The molecule has 9 nitrogen and oxygen atoms in total. The molecular formula is C28H37N3O6S2. The first-order valence-electron chi connectivity index (χ1n) is 13.3. The van der Waals surface area contributed by atoms with Crippen molar-refractivity contribution in [2.75, 3.05) is 33.4 Å². The molecule has 0 N–H and O–H groups in total. The smallest absolute Gasteiger partial charge is 0.337 e. The molecule has 212 valence electrons. The highest BCUT2D eigenvalue weighted by molar-refractivity contribution is 7.89. The molecule has 0 radical (unpaired) electrons. The molecule has 1 aromatic heterocycles. The average molecular weight is 576 g/mol. The van der Waals surface area contributed by atoms with E-state index in [0.29, 0.717) is 43.2 Å². The highest BCUT2D eigenvalue weighted by Gasteiger charge is 2.24. The van der Waals surface area contributed by atoms with E-state index in [2.05, 4.69) is 4.99 Å². The summed E-state index contributed by atoms with van der Waals surface area (Å²) in [5.74, 6) is -0.934. The maximum absolute atomic E-state index is 13.3. The second-order valence-corrected chi connectivity index (χ2v) is 11.9. The molecule has 0 aliphatic carbocycles. The van der Waals surface area contributed by atoms with Crippen molar-refractivity contribution in [1.29, 1.82) is 0 Å². The number of methoxy groups -OCH3 is 1. The predicted octanol–water partition coefficient (Wildman–Crippen LogP) is 4.86. The number of ether oxygens (including phenoxy) is 2. The summed E-state index contributed by atoms with van der Waals surface area (Å²) in [6, 6.07) is 11.1. The lowest BCUT2D eigenvalue weighted by Crippen LogP contribution is -2.33. The van der Waals surface area contributed by atoms with Gasteiger partial charge in [-0.05, 0) is 62.2 Å². The Balaban J connectivity index is 1.94. The molecule has 11 heteroatoms. The quantitative estimate of drug-likeness (QED) is 0.201. The molecule has 0 saturated heterocycles. The minimum absolute atomic E-state index is 0.162. The maximum atomic E-state index is 13.3. The topological polar surface area (TPSA) is 107 Å².